The molecule has 1 amide bonds. The van der Waals surface area contributed by atoms with E-state index in [4.69, 9.17) is 21.4 Å². The fraction of sp³-hybridized carbons (Fsp3) is 0.533. The third-order valence-electron chi connectivity index (χ3n) is 2.98. The number of aliphatic hydroxyl groups is 1. The quantitative estimate of drug-likeness (QED) is 0.725. The molecular weight excluding hydrogens is 278 g/mol. The zero-order chi connectivity index (χ0) is 15.0. The number of methoxy groups -OCH3 is 1. The molecule has 5 heteroatoms. The first-order chi connectivity index (χ1) is 9.52. The zero-order valence-corrected chi connectivity index (χ0v) is 12.7. The first-order valence-corrected chi connectivity index (χ1v) is 7.18. The van der Waals surface area contributed by atoms with Gasteiger partial charge in [-0.2, -0.15) is 0 Å². The molecule has 0 saturated carbocycles. The highest BCUT2D eigenvalue weighted by molar-refractivity contribution is 6.32. The van der Waals surface area contributed by atoms with Gasteiger partial charge in [-0.25, -0.2) is 0 Å². The molecule has 20 heavy (non-hydrogen) atoms. The van der Waals surface area contributed by atoms with Crippen LogP contribution in [0.4, 0.5) is 0 Å². The average Bonchev–Trinajstić information content (AvgIpc) is 2.41. The first kappa shape index (κ1) is 16.8. The Labute approximate surface area is 125 Å². The molecule has 1 aromatic rings. The van der Waals surface area contributed by atoms with Crippen molar-refractivity contribution >= 4 is 17.5 Å². The van der Waals surface area contributed by atoms with Crippen molar-refractivity contribution in [2.75, 3.05) is 13.7 Å². The monoisotopic (exact) mass is 299 g/mol. The standard InChI is InChI=1S/C15H22ClNO3/c1-11(18)4-3-9-17-15(19)8-6-12-5-7-14(20-2)13(16)10-12/h5,7,10-11,18H,3-4,6,8-9H2,1-2H3,(H,17,19). The molecule has 1 unspecified atom stereocenters. The molecule has 1 atom stereocenters. The van der Waals surface area contributed by atoms with Gasteiger partial charge in [-0.15, -0.1) is 0 Å². The molecule has 2 N–H and O–H groups in total. The van der Waals surface area contributed by atoms with Gasteiger partial charge in [0.1, 0.15) is 5.75 Å². The normalized spacial score (nSPS) is 12.0. The zero-order valence-electron chi connectivity index (χ0n) is 12.0. The Bertz CT molecular complexity index is 435. The average molecular weight is 300 g/mol. The van der Waals surface area contributed by atoms with Gasteiger partial charge < -0.3 is 15.2 Å². The Morgan fingerprint density at radius 1 is 1.50 bits per heavy atom. The molecule has 0 aliphatic rings. The van der Waals surface area contributed by atoms with Gasteiger partial charge in [-0.05, 0) is 43.9 Å². The molecule has 0 radical (unpaired) electrons. The van der Waals surface area contributed by atoms with Crippen molar-refractivity contribution in [3.63, 3.8) is 0 Å². The van der Waals surface area contributed by atoms with Gasteiger partial charge in [0.25, 0.3) is 0 Å². The van der Waals surface area contributed by atoms with Crippen LogP contribution in [0, 0.1) is 0 Å². The lowest BCUT2D eigenvalue weighted by Crippen LogP contribution is -2.25. The summed E-state index contributed by atoms with van der Waals surface area (Å²) in [6, 6.07) is 5.53. The summed E-state index contributed by atoms with van der Waals surface area (Å²) in [6.45, 7) is 2.35. The summed E-state index contributed by atoms with van der Waals surface area (Å²) >= 11 is 6.03. The topological polar surface area (TPSA) is 58.6 Å². The molecule has 0 bridgehead atoms. The maximum atomic E-state index is 11.6. The highest BCUT2D eigenvalue weighted by atomic mass is 35.5. The number of carbonyl (C=O) groups is 1. The molecule has 0 heterocycles. The molecule has 4 nitrogen and oxygen atoms in total. The number of ether oxygens (including phenoxy) is 1. The maximum absolute atomic E-state index is 11.6. The summed E-state index contributed by atoms with van der Waals surface area (Å²) in [5, 5.41) is 12.5. The molecule has 0 aliphatic carbocycles. The van der Waals surface area contributed by atoms with Crippen molar-refractivity contribution in [2.24, 2.45) is 0 Å². The number of amides is 1. The number of halogens is 1. The molecule has 1 rings (SSSR count). The van der Waals surface area contributed by atoms with E-state index in [1.807, 2.05) is 12.1 Å². The number of rotatable bonds is 8. The van der Waals surface area contributed by atoms with Crippen LogP contribution in [-0.2, 0) is 11.2 Å². The van der Waals surface area contributed by atoms with E-state index in [1.54, 1.807) is 20.1 Å². The number of nitrogens with one attached hydrogen (secondary N) is 1. The van der Waals surface area contributed by atoms with Gasteiger partial charge in [-0.3, -0.25) is 4.79 Å². The lowest BCUT2D eigenvalue weighted by molar-refractivity contribution is -0.121. The van der Waals surface area contributed by atoms with Gasteiger partial charge >= 0.3 is 0 Å². The van der Waals surface area contributed by atoms with Crippen LogP contribution in [0.5, 0.6) is 5.75 Å². The predicted octanol–water partition coefficient (Wildman–Crippen LogP) is 2.56. The van der Waals surface area contributed by atoms with Gasteiger partial charge in [0.15, 0.2) is 0 Å². The maximum Gasteiger partial charge on any atom is 0.220 e. The second-order valence-electron chi connectivity index (χ2n) is 4.81. The summed E-state index contributed by atoms with van der Waals surface area (Å²) in [4.78, 5) is 11.6. The van der Waals surface area contributed by atoms with Gasteiger partial charge in [-0.1, -0.05) is 17.7 Å². The number of hydrogen-bond donors (Lipinski definition) is 2. The molecule has 112 valence electrons. The van der Waals surface area contributed by atoms with Crippen LogP contribution in [0.2, 0.25) is 5.02 Å². The highest BCUT2D eigenvalue weighted by Gasteiger charge is 2.05. The molecular formula is C15H22ClNO3. The molecule has 0 spiro atoms. The van der Waals surface area contributed by atoms with E-state index in [2.05, 4.69) is 5.32 Å². The minimum Gasteiger partial charge on any atom is -0.495 e. The van der Waals surface area contributed by atoms with E-state index in [9.17, 15) is 4.79 Å². The van der Waals surface area contributed by atoms with E-state index >= 15 is 0 Å². The van der Waals surface area contributed by atoms with E-state index in [0.29, 0.717) is 36.6 Å². The van der Waals surface area contributed by atoms with Crippen molar-refractivity contribution in [1.82, 2.24) is 5.32 Å². The fourth-order valence-electron chi connectivity index (χ4n) is 1.84. The lowest BCUT2D eigenvalue weighted by Gasteiger charge is -2.08. The summed E-state index contributed by atoms with van der Waals surface area (Å²) in [7, 11) is 1.57. The Balaban J connectivity index is 2.28. The third kappa shape index (κ3) is 6.26. The van der Waals surface area contributed by atoms with Crippen LogP contribution in [0.3, 0.4) is 0 Å². The minimum atomic E-state index is -0.312. The van der Waals surface area contributed by atoms with Gasteiger partial charge in [0.05, 0.1) is 18.2 Å². The van der Waals surface area contributed by atoms with Gasteiger partial charge in [0.2, 0.25) is 5.91 Å². The van der Waals surface area contributed by atoms with Crippen LogP contribution in [0.25, 0.3) is 0 Å². The van der Waals surface area contributed by atoms with Crippen LogP contribution in [0.1, 0.15) is 31.7 Å². The van der Waals surface area contributed by atoms with Gasteiger partial charge in [0, 0.05) is 13.0 Å². The number of aryl methyl sites for hydroxylation is 1. The molecule has 0 fully saturated rings. The summed E-state index contributed by atoms with van der Waals surface area (Å²) in [5.41, 5.74) is 1.01. The Kier molecular flexibility index (Phi) is 7.41. The number of carbonyl (C=O) groups excluding carboxylic acids is 1. The summed E-state index contributed by atoms with van der Waals surface area (Å²) < 4.78 is 5.08. The van der Waals surface area contributed by atoms with Crippen LogP contribution in [0.15, 0.2) is 18.2 Å². The largest absolute Gasteiger partial charge is 0.495 e. The SMILES string of the molecule is COc1ccc(CCC(=O)NCCCC(C)O)cc1Cl. The Hall–Kier alpha value is -1.26. The second-order valence-corrected chi connectivity index (χ2v) is 5.22. The van der Waals surface area contributed by atoms with E-state index in [1.165, 1.54) is 0 Å². The summed E-state index contributed by atoms with van der Waals surface area (Å²) in [6.07, 6.45) is 2.25. The van der Waals surface area contributed by atoms with Crippen molar-refractivity contribution in [1.29, 1.82) is 0 Å². The van der Waals surface area contributed by atoms with Crippen LogP contribution >= 0.6 is 11.6 Å². The smallest absolute Gasteiger partial charge is 0.220 e. The van der Waals surface area contributed by atoms with Crippen molar-refractivity contribution in [2.45, 2.75) is 38.7 Å². The van der Waals surface area contributed by atoms with E-state index < -0.39 is 0 Å². The Morgan fingerprint density at radius 2 is 2.25 bits per heavy atom. The Morgan fingerprint density at radius 3 is 2.85 bits per heavy atom. The summed E-state index contributed by atoms with van der Waals surface area (Å²) in [5.74, 6) is 0.653. The minimum absolute atomic E-state index is 0.0162. The van der Waals surface area contributed by atoms with Crippen molar-refractivity contribution in [3.8, 4) is 5.75 Å². The molecule has 0 aromatic heterocycles. The molecule has 1 aromatic carbocycles. The third-order valence-corrected chi connectivity index (χ3v) is 3.27. The van der Waals surface area contributed by atoms with Crippen molar-refractivity contribution in [3.05, 3.63) is 28.8 Å². The first-order valence-electron chi connectivity index (χ1n) is 6.80. The number of benzene rings is 1. The van der Waals surface area contributed by atoms with E-state index in [0.717, 1.165) is 12.0 Å². The van der Waals surface area contributed by atoms with E-state index in [-0.39, 0.29) is 12.0 Å². The predicted molar refractivity (Wildman–Crippen MR) is 80.2 cm³/mol. The van der Waals surface area contributed by atoms with Crippen LogP contribution < -0.4 is 10.1 Å². The molecule has 0 aliphatic heterocycles. The second kappa shape index (κ2) is 8.82. The fourth-order valence-corrected chi connectivity index (χ4v) is 2.12. The number of aliphatic hydroxyl groups excluding tert-OH is 1. The lowest BCUT2D eigenvalue weighted by atomic mass is 10.1. The van der Waals surface area contributed by atoms with Crippen LogP contribution in [-0.4, -0.2) is 30.8 Å². The highest BCUT2D eigenvalue weighted by Crippen LogP contribution is 2.25. The number of hydrogen-bond acceptors (Lipinski definition) is 3. The molecule has 0 saturated heterocycles. The van der Waals surface area contributed by atoms with Crippen molar-refractivity contribution < 1.29 is 14.6 Å².